The number of carboxylic acids is 1. The van der Waals surface area contributed by atoms with Crippen LogP contribution in [0.5, 0.6) is 0 Å². The van der Waals surface area contributed by atoms with Crippen molar-refractivity contribution in [3.63, 3.8) is 0 Å². The summed E-state index contributed by atoms with van der Waals surface area (Å²) < 4.78 is 0. The number of carbonyl (C=O) groups is 2. The van der Waals surface area contributed by atoms with E-state index in [0.717, 1.165) is 0 Å². The van der Waals surface area contributed by atoms with Crippen LogP contribution in [0.3, 0.4) is 0 Å². The summed E-state index contributed by atoms with van der Waals surface area (Å²) >= 11 is 5.89. The third kappa shape index (κ3) is 5.56. The van der Waals surface area contributed by atoms with E-state index in [2.05, 4.69) is 10.8 Å². The summed E-state index contributed by atoms with van der Waals surface area (Å²) in [5.41, 5.74) is 2.82. The summed E-state index contributed by atoms with van der Waals surface area (Å²) in [5.74, 6) is -1.11. The van der Waals surface area contributed by atoms with Gasteiger partial charge in [0.2, 0.25) is 5.91 Å². The molecule has 20 heavy (non-hydrogen) atoms. The Morgan fingerprint density at radius 2 is 2.10 bits per heavy atom. The molecule has 1 rings (SSSR count). The van der Waals surface area contributed by atoms with Gasteiger partial charge in [0.05, 0.1) is 22.9 Å². The first kappa shape index (κ1) is 16.4. The molecule has 0 saturated heterocycles. The lowest BCUT2D eigenvalue weighted by Crippen LogP contribution is -2.29. The van der Waals surface area contributed by atoms with Crippen LogP contribution < -0.4 is 10.8 Å². The molecular weight excluding hydrogens is 284 g/mol. The van der Waals surface area contributed by atoms with Gasteiger partial charge in [-0.2, -0.15) is 5.48 Å². The highest BCUT2D eigenvalue weighted by Gasteiger charge is 2.10. The smallest absolute Gasteiger partial charge is 0.335 e. The van der Waals surface area contributed by atoms with Gasteiger partial charge in [0, 0.05) is 0 Å². The van der Waals surface area contributed by atoms with Crippen LogP contribution in [0.25, 0.3) is 0 Å². The summed E-state index contributed by atoms with van der Waals surface area (Å²) in [6.07, 6.45) is 0. The second-order valence-electron chi connectivity index (χ2n) is 4.57. The molecular formula is C13H17ClN2O4. The average Bonchev–Trinajstić information content (AvgIpc) is 2.37. The molecule has 0 aromatic heterocycles. The predicted molar refractivity (Wildman–Crippen MR) is 75.8 cm³/mol. The van der Waals surface area contributed by atoms with Gasteiger partial charge in [-0.25, -0.2) is 4.79 Å². The minimum absolute atomic E-state index is 0.0497. The molecule has 6 nitrogen and oxygen atoms in total. The molecule has 0 radical (unpaired) electrons. The standard InChI is InChI=1S/C13H17ClN2O4/c1-8(2)7-20-15-6-12(17)16-11-5-9(13(18)19)3-4-10(11)14/h3-5,8,15H,6-7H2,1-2H3,(H,16,17)(H,18,19). The molecule has 0 spiro atoms. The van der Waals surface area contributed by atoms with Crippen molar-refractivity contribution < 1.29 is 19.5 Å². The number of hydrogen-bond acceptors (Lipinski definition) is 4. The highest BCUT2D eigenvalue weighted by atomic mass is 35.5. The Kier molecular flexibility index (Phi) is 6.44. The van der Waals surface area contributed by atoms with Gasteiger partial charge in [0.15, 0.2) is 0 Å². The van der Waals surface area contributed by atoms with Crippen LogP contribution in [-0.2, 0) is 9.63 Å². The monoisotopic (exact) mass is 300 g/mol. The lowest BCUT2D eigenvalue weighted by molar-refractivity contribution is -0.118. The molecule has 0 heterocycles. The van der Waals surface area contributed by atoms with Crippen molar-refractivity contribution in [3.8, 4) is 0 Å². The molecule has 3 N–H and O–H groups in total. The first-order valence-corrected chi connectivity index (χ1v) is 6.45. The summed E-state index contributed by atoms with van der Waals surface area (Å²) in [6, 6.07) is 4.09. The van der Waals surface area contributed by atoms with Gasteiger partial charge in [-0.15, -0.1) is 0 Å². The highest BCUT2D eigenvalue weighted by Crippen LogP contribution is 2.22. The van der Waals surface area contributed by atoms with Crippen molar-refractivity contribution in [2.75, 3.05) is 18.5 Å². The van der Waals surface area contributed by atoms with Crippen LogP contribution in [0.15, 0.2) is 18.2 Å². The molecule has 0 saturated carbocycles. The second-order valence-corrected chi connectivity index (χ2v) is 4.98. The number of aromatic carboxylic acids is 1. The SMILES string of the molecule is CC(C)CONCC(=O)Nc1cc(C(=O)O)ccc1Cl. The minimum Gasteiger partial charge on any atom is -0.478 e. The molecule has 0 aliphatic carbocycles. The lowest BCUT2D eigenvalue weighted by atomic mass is 10.2. The molecule has 0 aliphatic heterocycles. The van der Waals surface area contributed by atoms with E-state index in [1.807, 2.05) is 13.8 Å². The topological polar surface area (TPSA) is 87.7 Å². The molecule has 0 aliphatic rings. The van der Waals surface area contributed by atoms with Crippen molar-refractivity contribution in [2.45, 2.75) is 13.8 Å². The summed E-state index contributed by atoms with van der Waals surface area (Å²) in [5, 5.41) is 11.7. The van der Waals surface area contributed by atoms with Crippen LogP contribution in [0.1, 0.15) is 24.2 Å². The Labute approximate surface area is 122 Å². The normalized spacial score (nSPS) is 10.6. The maximum atomic E-state index is 11.6. The van der Waals surface area contributed by atoms with Crippen LogP contribution >= 0.6 is 11.6 Å². The van der Waals surface area contributed by atoms with E-state index in [1.54, 1.807) is 0 Å². The molecule has 0 unspecified atom stereocenters. The molecule has 0 bridgehead atoms. The quantitative estimate of drug-likeness (QED) is 0.530. The van der Waals surface area contributed by atoms with Crippen molar-refractivity contribution in [3.05, 3.63) is 28.8 Å². The van der Waals surface area contributed by atoms with Crippen LogP contribution in [0.2, 0.25) is 5.02 Å². The lowest BCUT2D eigenvalue weighted by Gasteiger charge is -2.10. The van der Waals surface area contributed by atoms with E-state index in [4.69, 9.17) is 21.5 Å². The zero-order valence-electron chi connectivity index (χ0n) is 11.3. The van der Waals surface area contributed by atoms with Crippen LogP contribution in [-0.4, -0.2) is 30.1 Å². The predicted octanol–water partition coefficient (Wildman–Crippen LogP) is 2.15. The Morgan fingerprint density at radius 3 is 2.70 bits per heavy atom. The fourth-order valence-corrected chi connectivity index (χ4v) is 1.46. The van der Waals surface area contributed by atoms with Gasteiger partial charge in [-0.1, -0.05) is 25.4 Å². The third-order valence-electron chi connectivity index (χ3n) is 2.24. The average molecular weight is 301 g/mol. The van der Waals surface area contributed by atoms with Crippen molar-refractivity contribution in [1.82, 2.24) is 5.48 Å². The second kappa shape index (κ2) is 7.84. The van der Waals surface area contributed by atoms with Gasteiger partial charge >= 0.3 is 5.97 Å². The van der Waals surface area contributed by atoms with Gasteiger partial charge in [-0.3, -0.25) is 4.79 Å². The van der Waals surface area contributed by atoms with E-state index in [1.165, 1.54) is 18.2 Å². The fraction of sp³-hybridized carbons (Fsp3) is 0.385. The maximum absolute atomic E-state index is 11.6. The molecule has 110 valence electrons. The Morgan fingerprint density at radius 1 is 1.40 bits per heavy atom. The number of amides is 1. The fourth-order valence-electron chi connectivity index (χ4n) is 1.29. The first-order valence-electron chi connectivity index (χ1n) is 6.07. The summed E-state index contributed by atoms with van der Waals surface area (Å²) in [4.78, 5) is 27.5. The molecule has 0 atom stereocenters. The van der Waals surface area contributed by atoms with Crippen LogP contribution in [0, 0.1) is 5.92 Å². The number of carboxylic acid groups (broad SMARTS) is 1. The molecule has 0 fully saturated rings. The van der Waals surface area contributed by atoms with Crippen LogP contribution in [0.4, 0.5) is 5.69 Å². The number of anilines is 1. The largest absolute Gasteiger partial charge is 0.478 e. The Bertz CT molecular complexity index is 491. The number of carbonyl (C=O) groups excluding carboxylic acids is 1. The molecule has 7 heteroatoms. The molecule has 1 aromatic rings. The minimum atomic E-state index is -1.09. The number of hydrogen-bond donors (Lipinski definition) is 3. The van der Waals surface area contributed by atoms with E-state index >= 15 is 0 Å². The highest BCUT2D eigenvalue weighted by molar-refractivity contribution is 6.33. The zero-order chi connectivity index (χ0) is 15.1. The Hall–Kier alpha value is -1.63. The van der Waals surface area contributed by atoms with Crippen molar-refractivity contribution >= 4 is 29.2 Å². The zero-order valence-corrected chi connectivity index (χ0v) is 12.0. The van der Waals surface area contributed by atoms with Gasteiger partial charge in [0.1, 0.15) is 6.54 Å². The summed E-state index contributed by atoms with van der Waals surface area (Å²) in [7, 11) is 0. The van der Waals surface area contributed by atoms with Gasteiger partial charge < -0.3 is 15.3 Å². The summed E-state index contributed by atoms with van der Waals surface area (Å²) in [6.45, 7) is 4.40. The maximum Gasteiger partial charge on any atom is 0.335 e. The van der Waals surface area contributed by atoms with Crippen molar-refractivity contribution in [1.29, 1.82) is 0 Å². The van der Waals surface area contributed by atoms with Gasteiger partial charge in [-0.05, 0) is 24.1 Å². The van der Waals surface area contributed by atoms with E-state index < -0.39 is 5.97 Å². The Balaban J connectivity index is 2.53. The van der Waals surface area contributed by atoms with E-state index in [0.29, 0.717) is 12.5 Å². The number of nitrogens with one attached hydrogen (secondary N) is 2. The molecule has 1 aromatic carbocycles. The number of rotatable bonds is 7. The number of hydroxylamine groups is 1. The number of benzene rings is 1. The van der Waals surface area contributed by atoms with E-state index in [-0.39, 0.29) is 28.7 Å². The third-order valence-corrected chi connectivity index (χ3v) is 2.57. The molecule has 1 amide bonds. The van der Waals surface area contributed by atoms with E-state index in [9.17, 15) is 9.59 Å². The first-order chi connectivity index (χ1) is 9.40. The number of halogens is 1. The van der Waals surface area contributed by atoms with Gasteiger partial charge in [0.25, 0.3) is 0 Å². The van der Waals surface area contributed by atoms with Crippen molar-refractivity contribution in [2.24, 2.45) is 5.92 Å².